The van der Waals surface area contributed by atoms with E-state index in [1.807, 2.05) is 25.1 Å². The number of benzene rings is 1. The SMILES string of the molecule is COc1ccc(Cl)cc1N1C[C@H](C(=O)N[C@H](C)c2ccccn2)CC1=O. The number of carbonyl (C=O) groups excluding carboxylic acids is 2. The summed E-state index contributed by atoms with van der Waals surface area (Å²) in [5.41, 5.74) is 1.36. The first-order valence-electron chi connectivity index (χ1n) is 8.34. The second-order valence-electron chi connectivity index (χ2n) is 6.21. The van der Waals surface area contributed by atoms with Crippen LogP contribution in [-0.2, 0) is 9.59 Å². The number of hydrogen-bond donors (Lipinski definition) is 1. The van der Waals surface area contributed by atoms with E-state index in [9.17, 15) is 9.59 Å². The summed E-state index contributed by atoms with van der Waals surface area (Å²) in [4.78, 5) is 30.9. The number of methoxy groups -OCH3 is 1. The van der Waals surface area contributed by atoms with Gasteiger partial charge in [0.25, 0.3) is 0 Å². The van der Waals surface area contributed by atoms with Crippen LogP contribution in [0.2, 0.25) is 5.02 Å². The second kappa shape index (κ2) is 7.74. The van der Waals surface area contributed by atoms with Gasteiger partial charge in [-0.1, -0.05) is 17.7 Å². The number of carbonyl (C=O) groups is 2. The standard InChI is InChI=1S/C19H20ClN3O3/c1-12(15-5-3-4-8-21-15)22-19(25)13-9-18(24)23(11-13)16-10-14(20)6-7-17(16)26-2/h3-8,10,12-13H,9,11H2,1-2H3,(H,22,25)/t12-,13-/m1/s1. The van der Waals surface area contributed by atoms with Gasteiger partial charge in [-0.25, -0.2) is 0 Å². The zero-order valence-electron chi connectivity index (χ0n) is 14.6. The van der Waals surface area contributed by atoms with Gasteiger partial charge in [0.05, 0.1) is 30.5 Å². The molecule has 0 unspecified atom stereocenters. The van der Waals surface area contributed by atoms with E-state index in [1.165, 1.54) is 7.11 Å². The highest BCUT2D eigenvalue weighted by atomic mass is 35.5. The third-order valence-electron chi connectivity index (χ3n) is 4.42. The summed E-state index contributed by atoms with van der Waals surface area (Å²) in [5.74, 6) is -0.181. The first-order valence-corrected chi connectivity index (χ1v) is 8.72. The summed E-state index contributed by atoms with van der Waals surface area (Å²) in [7, 11) is 1.53. The molecule has 0 saturated carbocycles. The van der Waals surface area contributed by atoms with E-state index in [0.29, 0.717) is 16.5 Å². The fourth-order valence-electron chi connectivity index (χ4n) is 3.03. The zero-order valence-corrected chi connectivity index (χ0v) is 15.4. The molecule has 1 aromatic carbocycles. The number of ether oxygens (including phenoxy) is 1. The Morgan fingerprint density at radius 1 is 1.38 bits per heavy atom. The molecule has 0 aliphatic carbocycles. The average Bonchev–Trinajstić information content (AvgIpc) is 3.04. The Bertz CT molecular complexity index is 813. The molecule has 1 saturated heterocycles. The van der Waals surface area contributed by atoms with Gasteiger partial charge in [-0.3, -0.25) is 14.6 Å². The van der Waals surface area contributed by atoms with E-state index < -0.39 is 5.92 Å². The third kappa shape index (κ3) is 3.80. The number of amides is 2. The molecule has 2 aromatic rings. The van der Waals surface area contributed by atoms with Crippen molar-refractivity contribution < 1.29 is 14.3 Å². The molecular formula is C19H20ClN3O3. The van der Waals surface area contributed by atoms with Crippen molar-refractivity contribution in [2.75, 3.05) is 18.6 Å². The van der Waals surface area contributed by atoms with Crippen molar-refractivity contribution in [1.29, 1.82) is 0 Å². The van der Waals surface area contributed by atoms with E-state index in [4.69, 9.17) is 16.3 Å². The Kier molecular flexibility index (Phi) is 5.42. The molecule has 1 aliphatic heterocycles. The molecule has 0 bridgehead atoms. The van der Waals surface area contributed by atoms with Gasteiger partial charge >= 0.3 is 0 Å². The van der Waals surface area contributed by atoms with Gasteiger partial charge in [0, 0.05) is 24.2 Å². The molecule has 1 fully saturated rings. The van der Waals surface area contributed by atoms with Gasteiger partial charge in [-0.2, -0.15) is 0 Å². The van der Waals surface area contributed by atoms with E-state index in [-0.39, 0.29) is 30.8 Å². The topological polar surface area (TPSA) is 71.5 Å². The number of nitrogens with zero attached hydrogens (tertiary/aromatic N) is 2. The van der Waals surface area contributed by atoms with Crippen LogP contribution in [-0.4, -0.2) is 30.5 Å². The van der Waals surface area contributed by atoms with E-state index in [1.54, 1.807) is 29.3 Å². The van der Waals surface area contributed by atoms with Crippen LogP contribution in [0.25, 0.3) is 0 Å². The van der Waals surface area contributed by atoms with Crippen molar-refractivity contribution >= 4 is 29.1 Å². The molecule has 1 aromatic heterocycles. The maximum absolute atomic E-state index is 12.6. The third-order valence-corrected chi connectivity index (χ3v) is 4.65. The summed E-state index contributed by atoms with van der Waals surface area (Å²) < 4.78 is 5.32. The number of anilines is 1. The van der Waals surface area contributed by atoms with Crippen LogP contribution < -0.4 is 15.0 Å². The summed E-state index contributed by atoms with van der Waals surface area (Å²) >= 11 is 6.06. The Morgan fingerprint density at radius 3 is 2.88 bits per heavy atom. The largest absolute Gasteiger partial charge is 0.495 e. The summed E-state index contributed by atoms with van der Waals surface area (Å²) in [6.07, 6.45) is 1.83. The van der Waals surface area contributed by atoms with E-state index >= 15 is 0 Å². The fraction of sp³-hybridized carbons (Fsp3) is 0.316. The summed E-state index contributed by atoms with van der Waals surface area (Å²) in [6.45, 7) is 2.16. The van der Waals surface area contributed by atoms with Crippen LogP contribution in [0, 0.1) is 5.92 Å². The van der Waals surface area contributed by atoms with Gasteiger partial charge in [-0.05, 0) is 37.3 Å². The van der Waals surface area contributed by atoms with Crippen molar-refractivity contribution in [2.45, 2.75) is 19.4 Å². The lowest BCUT2D eigenvalue weighted by Crippen LogP contribution is -2.34. The Morgan fingerprint density at radius 2 is 2.19 bits per heavy atom. The molecule has 2 amide bonds. The zero-order chi connectivity index (χ0) is 18.7. The van der Waals surface area contributed by atoms with E-state index in [2.05, 4.69) is 10.3 Å². The molecular weight excluding hydrogens is 354 g/mol. The minimum Gasteiger partial charge on any atom is -0.495 e. The van der Waals surface area contributed by atoms with Gasteiger partial charge in [0.2, 0.25) is 11.8 Å². The first kappa shape index (κ1) is 18.2. The molecule has 26 heavy (non-hydrogen) atoms. The van der Waals surface area contributed by atoms with E-state index in [0.717, 1.165) is 5.69 Å². The minimum absolute atomic E-state index is 0.129. The lowest BCUT2D eigenvalue weighted by Gasteiger charge is -2.20. The van der Waals surface area contributed by atoms with Gasteiger partial charge in [0.15, 0.2) is 0 Å². The highest BCUT2D eigenvalue weighted by Crippen LogP contribution is 2.35. The van der Waals surface area contributed by atoms with Gasteiger partial charge < -0.3 is 15.0 Å². The molecule has 0 spiro atoms. The predicted octanol–water partition coefficient (Wildman–Crippen LogP) is 2.97. The number of nitrogens with one attached hydrogen (secondary N) is 1. The predicted molar refractivity (Wildman–Crippen MR) is 99.3 cm³/mol. The fourth-order valence-corrected chi connectivity index (χ4v) is 3.19. The summed E-state index contributed by atoms with van der Waals surface area (Å²) in [5, 5.41) is 3.44. The average molecular weight is 374 g/mol. The summed E-state index contributed by atoms with van der Waals surface area (Å²) in [6, 6.07) is 10.4. The monoisotopic (exact) mass is 373 g/mol. The van der Waals surface area contributed by atoms with Crippen molar-refractivity contribution in [3.05, 3.63) is 53.3 Å². The van der Waals surface area contributed by atoms with Crippen molar-refractivity contribution in [3.63, 3.8) is 0 Å². The van der Waals surface area contributed by atoms with Gasteiger partial charge in [-0.15, -0.1) is 0 Å². The van der Waals surface area contributed by atoms with Gasteiger partial charge in [0.1, 0.15) is 5.75 Å². The quantitative estimate of drug-likeness (QED) is 0.874. The lowest BCUT2D eigenvalue weighted by molar-refractivity contribution is -0.126. The van der Waals surface area contributed by atoms with Crippen molar-refractivity contribution in [3.8, 4) is 5.75 Å². The Balaban J connectivity index is 1.71. The van der Waals surface area contributed by atoms with Crippen LogP contribution in [0.5, 0.6) is 5.75 Å². The smallest absolute Gasteiger partial charge is 0.227 e. The van der Waals surface area contributed by atoms with Crippen LogP contribution in [0.15, 0.2) is 42.6 Å². The number of aromatic nitrogens is 1. The molecule has 0 radical (unpaired) electrons. The number of rotatable bonds is 5. The van der Waals surface area contributed by atoms with Crippen LogP contribution in [0.3, 0.4) is 0 Å². The molecule has 7 heteroatoms. The number of pyridine rings is 1. The number of halogens is 1. The Hall–Kier alpha value is -2.60. The molecule has 2 heterocycles. The van der Waals surface area contributed by atoms with Crippen LogP contribution in [0.4, 0.5) is 5.69 Å². The molecule has 6 nitrogen and oxygen atoms in total. The minimum atomic E-state index is -0.433. The Labute approximate surface area is 157 Å². The lowest BCUT2D eigenvalue weighted by atomic mass is 10.1. The van der Waals surface area contributed by atoms with Crippen LogP contribution in [0.1, 0.15) is 25.1 Å². The van der Waals surface area contributed by atoms with Crippen LogP contribution >= 0.6 is 11.6 Å². The molecule has 136 valence electrons. The highest BCUT2D eigenvalue weighted by Gasteiger charge is 2.36. The molecule has 1 aliphatic rings. The number of hydrogen-bond acceptors (Lipinski definition) is 4. The highest BCUT2D eigenvalue weighted by molar-refractivity contribution is 6.31. The maximum atomic E-state index is 12.6. The molecule has 2 atom stereocenters. The van der Waals surface area contributed by atoms with Crippen molar-refractivity contribution in [1.82, 2.24) is 10.3 Å². The molecule has 1 N–H and O–H groups in total. The van der Waals surface area contributed by atoms with Crippen molar-refractivity contribution in [2.24, 2.45) is 5.92 Å². The molecule has 3 rings (SSSR count). The normalized spacial score (nSPS) is 17.9. The second-order valence-corrected chi connectivity index (χ2v) is 6.64. The maximum Gasteiger partial charge on any atom is 0.227 e. The first-order chi connectivity index (χ1) is 12.5.